The third-order valence-corrected chi connectivity index (χ3v) is 5.09. The summed E-state index contributed by atoms with van der Waals surface area (Å²) in [6.45, 7) is 0. The molecule has 1 aliphatic rings. The fraction of sp³-hybridized carbons (Fsp3) is 0.0690. The summed E-state index contributed by atoms with van der Waals surface area (Å²) in [5.74, 6) is 0.0608. The maximum Gasteiger partial charge on any atom is 0.194 e. The Kier molecular flexibility index (Phi) is 7.31. The summed E-state index contributed by atoms with van der Waals surface area (Å²) in [7, 11) is 0. The SMILES string of the molecule is O=C(/C=C/c1ccccn1)c1ccccc1.O=C(c1ccccc1)[C@@H]1O[C@H]1c1ccccc1. The van der Waals surface area contributed by atoms with Crippen molar-refractivity contribution in [3.63, 3.8) is 0 Å². The molecule has 0 aliphatic carbocycles. The lowest BCUT2D eigenvalue weighted by atomic mass is 10.0. The Morgan fingerprint density at radius 1 is 0.697 bits per heavy atom. The fourth-order valence-corrected chi connectivity index (χ4v) is 3.31. The van der Waals surface area contributed by atoms with Crippen LogP contribution in [0.3, 0.4) is 0 Å². The molecule has 4 aromatic rings. The second kappa shape index (κ2) is 10.9. The summed E-state index contributed by atoms with van der Waals surface area (Å²) >= 11 is 0. The molecule has 1 aromatic heterocycles. The summed E-state index contributed by atoms with van der Waals surface area (Å²) in [4.78, 5) is 27.9. The summed E-state index contributed by atoms with van der Waals surface area (Å²) in [5, 5.41) is 0. The number of aromatic nitrogens is 1. The summed E-state index contributed by atoms with van der Waals surface area (Å²) < 4.78 is 5.47. The predicted octanol–water partition coefficient (Wildman–Crippen LogP) is 5.99. The van der Waals surface area contributed by atoms with Crippen molar-refractivity contribution < 1.29 is 14.3 Å². The molecule has 2 atom stereocenters. The van der Waals surface area contributed by atoms with Crippen LogP contribution in [0.1, 0.15) is 38.1 Å². The van der Waals surface area contributed by atoms with E-state index in [4.69, 9.17) is 4.74 Å². The number of allylic oxidation sites excluding steroid dienone is 1. The van der Waals surface area contributed by atoms with E-state index < -0.39 is 0 Å². The molecule has 3 aromatic carbocycles. The first-order valence-corrected chi connectivity index (χ1v) is 10.7. The molecule has 33 heavy (non-hydrogen) atoms. The number of benzene rings is 3. The molecule has 162 valence electrons. The van der Waals surface area contributed by atoms with Gasteiger partial charge in [-0.2, -0.15) is 0 Å². The standard InChI is InChI=1S/C15H12O2.C14H11NO/c16-13(11-7-3-1-4-8-11)15-14(17-15)12-9-5-2-6-10-12;16-14(12-6-2-1-3-7-12)10-9-13-8-4-5-11-15-13/h1-10,14-15H;1-11H/b;10-9+/t14-,15-;/m0./s1. The van der Waals surface area contributed by atoms with Crippen LogP contribution in [0.2, 0.25) is 0 Å². The predicted molar refractivity (Wildman–Crippen MR) is 129 cm³/mol. The number of pyridine rings is 1. The number of hydrogen-bond donors (Lipinski definition) is 0. The Bertz CT molecular complexity index is 1210. The highest BCUT2D eigenvalue weighted by Crippen LogP contribution is 2.40. The minimum absolute atomic E-state index is 0.00810. The third kappa shape index (κ3) is 6.19. The number of ketones is 2. The Hall–Kier alpha value is -4.15. The van der Waals surface area contributed by atoms with E-state index in [0.29, 0.717) is 5.56 Å². The van der Waals surface area contributed by atoms with Crippen molar-refractivity contribution in [1.29, 1.82) is 0 Å². The topological polar surface area (TPSA) is 59.6 Å². The molecule has 0 amide bonds. The second-order valence-electron chi connectivity index (χ2n) is 7.44. The highest BCUT2D eigenvalue weighted by Gasteiger charge is 2.45. The van der Waals surface area contributed by atoms with E-state index in [1.165, 1.54) is 6.08 Å². The van der Waals surface area contributed by atoms with Crippen LogP contribution in [-0.2, 0) is 4.74 Å². The Labute approximate surface area is 193 Å². The molecule has 4 heteroatoms. The van der Waals surface area contributed by atoms with E-state index in [2.05, 4.69) is 4.98 Å². The summed E-state index contributed by atoms with van der Waals surface area (Å²) in [6, 6.07) is 33.9. The first kappa shape index (κ1) is 22.1. The van der Waals surface area contributed by atoms with E-state index >= 15 is 0 Å². The van der Waals surface area contributed by atoms with Crippen molar-refractivity contribution in [2.24, 2.45) is 0 Å². The molecule has 2 heterocycles. The van der Waals surface area contributed by atoms with Crippen molar-refractivity contribution in [2.75, 3.05) is 0 Å². The van der Waals surface area contributed by atoms with E-state index in [1.54, 1.807) is 24.4 Å². The lowest BCUT2D eigenvalue weighted by Crippen LogP contribution is -2.07. The van der Waals surface area contributed by atoms with Gasteiger partial charge in [0.1, 0.15) is 6.10 Å². The van der Waals surface area contributed by atoms with Crippen LogP contribution in [0.25, 0.3) is 6.08 Å². The maximum atomic E-state index is 12.1. The van der Waals surface area contributed by atoms with Gasteiger partial charge < -0.3 is 4.74 Å². The van der Waals surface area contributed by atoms with Crippen LogP contribution in [-0.4, -0.2) is 22.7 Å². The van der Waals surface area contributed by atoms with Crippen LogP contribution >= 0.6 is 0 Å². The normalized spacial score (nSPS) is 16.5. The highest BCUT2D eigenvalue weighted by molar-refractivity contribution is 6.06. The highest BCUT2D eigenvalue weighted by atomic mass is 16.6. The van der Waals surface area contributed by atoms with Gasteiger partial charge in [0.05, 0.1) is 5.69 Å². The van der Waals surface area contributed by atoms with Gasteiger partial charge in [0.25, 0.3) is 0 Å². The van der Waals surface area contributed by atoms with Gasteiger partial charge in [-0.1, -0.05) is 97.1 Å². The molecule has 0 spiro atoms. The number of ether oxygens (including phenoxy) is 1. The molecule has 4 nitrogen and oxygen atoms in total. The first-order chi connectivity index (χ1) is 16.2. The minimum Gasteiger partial charge on any atom is -0.356 e. The van der Waals surface area contributed by atoms with E-state index in [1.807, 2.05) is 97.1 Å². The molecule has 0 unspecified atom stereocenters. The van der Waals surface area contributed by atoms with E-state index in [-0.39, 0.29) is 23.8 Å². The largest absolute Gasteiger partial charge is 0.356 e. The average Bonchev–Trinajstić information content (AvgIpc) is 3.70. The quantitative estimate of drug-likeness (QED) is 0.213. The van der Waals surface area contributed by atoms with Gasteiger partial charge in [-0.15, -0.1) is 0 Å². The van der Waals surface area contributed by atoms with Gasteiger partial charge in [-0.05, 0) is 29.8 Å². The molecule has 5 rings (SSSR count). The summed E-state index contributed by atoms with van der Waals surface area (Å²) in [6.07, 6.45) is 4.59. The third-order valence-electron chi connectivity index (χ3n) is 5.09. The van der Waals surface area contributed by atoms with Gasteiger partial charge in [0.15, 0.2) is 17.7 Å². The van der Waals surface area contributed by atoms with Crippen LogP contribution in [0.5, 0.6) is 0 Å². The first-order valence-electron chi connectivity index (χ1n) is 10.7. The number of hydrogen-bond acceptors (Lipinski definition) is 4. The smallest absolute Gasteiger partial charge is 0.194 e. The zero-order valence-corrected chi connectivity index (χ0v) is 18.0. The average molecular weight is 434 g/mol. The molecule has 1 saturated heterocycles. The number of carbonyl (C=O) groups excluding carboxylic acids is 2. The monoisotopic (exact) mass is 433 g/mol. The fourth-order valence-electron chi connectivity index (χ4n) is 3.31. The molecule has 0 N–H and O–H groups in total. The number of nitrogens with zero attached hydrogens (tertiary/aromatic N) is 1. The van der Waals surface area contributed by atoms with Crippen molar-refractivity contribution >= 4 is 17.6 Å². The Balaban J connectivity index is 0.000000157. The van der Waals surface area contributed by atoms with Crippen LogP contribution in [0.4, 0.5) is 0 Å². The van der Waals surface area contributed by atoms with Crippen molar-refractivity contribution in [3.8, 4) is 0 Å². The zero-order chi connectivity index (χ0) is 22.9. The van der Waals surface area contributed by atoms with Crippen LogP contribution < -0.4 is 0 Å². The lowest BCUT2D eigenvalue weighted by Gasteiger charge is -1.96. The molecule has 0 saturated carbocycles. The molecule has 1 fully saturated rings. The Morgan fingerprint density at radius 2 is 1.27 bits per heavy atom. The van der Waals surface area contributed by atoms with Gasteiger partial charge in [0, 0.05) is 17.3 Å². The molecule has 0 bridgehead atoms. The van der Waals surface area contributed by atoms with E-state index in [0.717, 1.165) is 16.8 Å². The molecular formula is C29H23NO3. The number of carbonyl (C=O) groups is 2. The summed E-state index contributed by atoms with van der Waals surface area (Å²) in [5.41, 5.74) is 3.26. The lowest BCUT2D eigenvalue weighted by molar-refractivity contribution is 0.0953. The van der Waals surface area contributed by atoms with Crippen LogP contribution in [0, 0.1) is 0 Å². The van der Waals surface area contributed by atoms with Crippen molar-refractivity contribution in [1.82, 2.24) is 4.98 Å². The minimum atomic E-state index is -0.306. The number of rotatable bonds is 6. The Morgan fingerprint density at radius 3 is 1.88 bits per heavy atom. The van der Waals surface area contributed by atoms with Gasteiger partial charge in [-0.3, -0.25) is 14.6 Å². The molecular weight excluding hydrogens is 410 g/mol. The molecule has 1 aliphatic heterocycles. The van der Waals surface area contributed by atoms with Crippen molar-refractivity contribution in [3.05, 3.63) is 144 Å². The van der Waals surface area contributed by atoms with Gasteiger partial charge in [-0.25, -0.2) is 0 Å². The second-order valence-corrected chi connectivity index (χ2v) is 7.44. The van der Waals surface area contributed by atoms with Crippen LogP contribution in [0.15, 0.2) is 121 Å². The number of Topliss-reactive ketones (excluding diaryl/α,β-unsaturated/α-hetero) is 1. The number of epoxide rings is 1. The molecule has 0 radical (unpaired) electrons. The maximum absolute atomic E-state index is 12.1. The van der Waals surface area contributed by atoms with E-state index in [9.17, 15) is 9.59 Å². The zero-order valence-electron chi connectivity index (χ0n) is 18.0. The van der Waals surface area contributed by atoms with Crippen molar-refractivity contribution in [2.45, 2.75) is 12.2 Å². The van der Waals surface area contributed by atoms with Gasteiger partial charge >= 0.3 is 0 Å². The van der Waals surface area contributed by atoms with Gasteiger partial charge in [0.2, 0.25) is 0 Å².